The van der Waals surface area contributed by atoms with Gasteiger partial charge in [0, 0.05) is 44.8 Å². The summed E-state index contributed by atoms with van der Waals surface area (Å²) in [6.45, 7) is 8.41. The van der Waals surface area contributed by atoms with Crippen LogP contribution in [0.2, 0.25) is 0 Å². The summed E-state index contributed by atoms with van der Waals surface area (Å²) in [5.74, 6) is 0.653. The van der Waals surface area contributed by atoms with E-state index in [9.17, 15) is 9.59 Å². The molecular weight excluding hydrogens is 352 g/mol. The molecule has 2 N–H and O–H groups in total. The molecule has 6 nitrogen and oxygen atoms in total. The van der Waals surface area contributed by atoms with Crippen LogP contribution in [0.4, 0.5) is 5.69 Å². The Labute approximate surface area is 169 Å². The molecule has 1 aliphatic rings. The summed E-state index contributed by atoms with van der Waals surface area (Å²) >= 11 is 0. The molecule has 0 aromatic heterocycles. The van der Waals surface area contributed by atoms with Crippen molar-refractivity contribution in [1.29, 1.82) is 0 Å². The number of piperidine rings is 1. The van der Waals surface area contributed by atoms with Gasteiger partial charge in [0.2, 0.25) is 11.8 Å². The minimum atomic E-state index is 0.0198. The third-order valence-electron chi connectivity index (χ3n) is 5.25. The summed E-state index contributed by atoms with van der Waals surface area (Å²) in [4.78, 5) is 28.4. The maximum atomic E-state index is 12.3. The number of carbonyl (C=O) groups is 2. The van der Waals surface area contributed by atoms with Crippen LogP contribution < -0.4 is 15.5 Å². The lowest BCUT2D eigenvalue weighted by Crippen LogP contribution is -2.45. The molecule has 1 saturated heterocycles. The minimum absolute atomic E-state index is 0.0198. The lowest BCUT2D eigenvalue weighted by molar-refractivity contribution is -0.125. The van der Waals surface area contributed by atoms with Gasteiger partial charge in [-0.3, -0.25) is 14.5 Å². The summed E-state index contributed by atoms with van der Waals surface area (Å²) < 4.78 is 0. The maximum absolute atomic E-state index is 12.3. The highest BCUT2D eigenvalue weighted by Gasteiger charge is 2.22. The Morgan fingerprint density at radius 2 is 1.96 bits per heavy atom. The number of rotatable bonds is 10. The predicted octanol–water partition coefficient (Wildman–Crippen LogP) is 2.11. The summed E-state index contributed by atoms with van der Waals surface area (Å²) in [6.07, 6.45) is 3.11. The largest absolute Gasteiger partial charge is 0.375 e. The van der Waals surface area contributed by atoms with Crippen LogP contribution in [0.1, 0.15) is 33.1 Å². The Kier molecular flexibility index (Phi) is 9.28. The first-order chi connectivity index (χ1) is 13.5. The molecule has 1 atom stereocenters. The highest BCUT2D eigenvalue weighted by molar-refractivity contribution is 5.78. The molecule has 1 fully saturated rings. The van der Waals surface area contributed by atoms with E-state index >= 15 is 0 Å². The second kappa shape index (κ2) is 11.7. The van der Waals surface area contributed by atoms with E-state index in [0.717, 1.165) is 38.9 Å². The van der Waals surface area contributed by atoms with E-state index in [1.54, 1.807) is 0 Å². The fourth-order valence-electron chi connectivity index (χ4n) is 3.53. The molecule has 1 aromatic carbocycles. The lowest BCUT2D eigenvalue weighted by Gasteiger charge is -2.32. The average molecular weight is 389 g/mol. The van der Waals surface area contributed by atoms with Crippen molar-refractivity contribution in [2.45, 2.75) is 33.1 Å². The summed E-state index contributed by atoms with van der Waals surface area (Å²) in [5, 5.41) is 6.06. The molecule has 0 spiro atoms. The van der Waals surface area contributed by atoms with Crippen LogP contribution >= 0.6 is 0 Å². The molecule has 1 aromatic rings. The average Bonchev–Trinajstić information content (AvgIpc) is 2.70. The number of carbonyl (C=O) groups excluding carboxylic acids is 2. The number of hydrogen-bond donors (Lipinski definition) is 2. The lowest BCUT2D eigenvalue weighted by atomic mass is 9.97. The van der Waals surface area contributed by atoms with E-state index in [1.807, 2.05) is 32.0 Å². The Balaban J connectivity index is 1.61. The molecule has 0 radical (unpaired) electrons. The molecule has 0 bridgehead atoms. The van der Waals surface area contributed by atoms with Crippen molar-refractivity contribution in [2.24, 2.45) is 11.8 Å². The van der Waals surface area contributed by atoms with Gasteiger partial charge in [0.25, 0.3) is 0 Å². The molecule has 2 amide bonds. The van der Waals surface area contributed by atoms with Crippen molar-refractivity contribution in [2.75, 3.05) is 51.2 Å². The SMILES string of the molecule is CC(C)C(=O)NCC1CCCN(CC(=O)NCCCN(C)c2ccccc2)C1. The number of nitrogens with zero attached hydrogens (tertiary/aromatic N) is 2. The van der Waals surface area contributed by atoms with E-state index in [-0.39, 0.29) is 17.7 Å². The van der Waals surface area contributed by atoms with Crippen molar-refractivity contribution >= 4 is 17.5 Å². The molecule has 0 aliphatic carbocycles. The molecule has 1 unspecified atom stereocenters. The Bertz CT molecular complexity index is 606. The second-order valence-corrected chi connectivity index (χ2v) is 8.10. The fraction of sp³-hybridized carbons (Fsp3) is 0.636. The number of amides is 2. The van der Waals surface area contributed by atoms with E-state index in [0.29, 0.717) is 25.6 Å². The molecule has 1 heterocycles. The van der Waals surface area contributed by atoms with Gasteiger partial charge in [-0.1, -0.05) is 32.0 Å². The van der Waals surface area contributed by atoms with Crippen LogP contribution in [0.15, 0.2) is 30.3 Å². The predicted molar refractivity (Wildman–Crippen MR) is 114 cm³/mol. The van der Waals surface area contributed by atoms with Gasteiger partial charge in [-0.25, -0.2) is 0 Å². The number of likely N-dealkylation sites (tertiary alicyclic amines) is 1. The fourth-order valence-corrected chi connectivity index (χ4v) is 3.53. The summed E-state index contributed by atoms with van der Waals surface area (Å²) in [7, 11) is 2.07. The van der Waals surface area contributed by atoms with Gasteiger partial charge in [0.15, 0.2) is 0 Å². The first-order valence-corrected chi connectivity index (χ1v) is 10.5. The first-order valence-electron chi connectivity index (χ1n) is 10.5. The zero-order valence-electron chi connectivity index (χ0n) is 17.6. The number of anilines is 1. The van der Waals surface area contributed by atoms with Crippen molar-refractivity contribution in [3.05, 3.63) is 30.3 Å². The number of nitrogens with one attached hydrogen (secondary N) is 2. The Hall–Kier alpha value is -2.08. The van der Waals surface area contributed by atoms with Gasteiger partial charge >= 0.3 is 0 Å². The van der Waals surface area contributed by atoms with E-state index in [1.165, 1.54) is 5.69 Å². The normalized spacial score (nSPS) is 17.4. The van der Waals surface area contributed by atoms with E-state index < -0.39 is 0 Å². The second-order valence-electron chi connectivity index (χ2n) is 8.10. The number of benzene rings is 1. The summed E-state index contributed by atoms with van der Waals surface area (Å²) in [5.41, 5.74) is 1.19. The Morgan fingerprint density at radius 3 is 2.68 bits per heavy atom. The van der Waals surface area contributed by atoms with Crippen molar-refractivity contribution < 1.29 is 9.59 Å². The first kappa shape index (κ1) is 22.2. The molecule has 0 saturated carbocycles. The monoisotopic (exact) mass is 388 g/mol. The molecule has 28 heavy (non-hydrogen) atoms. The third kappa shape index (κ3) is 7.89. The topological polar surface area (TPSA) is 64.7 Å². The number of hydrogen-bond acceptors (Lipinski definition) is 4. The molecule has 156 valence electrons. The van der Waals surface area contributed by atoms with Gasteiger partial charge in [-0.15, -0.1) is 0 Å². The zero-order valence-corrected chi connectivity index (χ0v) is 17.6. The van der Waals surface area contributed by atoms with Crippen LogP contribution in [0.25, 0.3) is 0 Å². The van der Waals surface area contributed by atoms with Crippen LogP contribution in [0.3, 0.4) is 0 Å². The maximum Gasteiger partial charge on any atom is 0.234 e. The van der Waals surface area contributed by atoms with Crippen molar-refractivity contribution in [3.63, 3.8) is 0 Å². The highest BCUT2D eigenvalue weighted by Crippen LogP contribution is 2.15. The highest BCUT2D eigenvalue weighted by atomic mass is 16.2. The standard InChI is InChI=1S/C22H36N4O2/c1-18(2)22(28)24-15-19-9-7-14-26(16-19)17-21(27)23-12-8-13-25(3)20-10-5-4-6-11-20/h4-6,10-11,18-19H,7-9,12-17H2,1-3H3,(H,23,27)(H,24,28). The molecular formula is C22H36N4O2. The number of para-hydroxylation sites is 1. The smallest absolute Gasteiger partial charge is 0.234 e. The van der Waals surface area contributed by atoms with Gasteiger partial charge in [-0.2, -0.15) is 0 Å². The quantitative estimate of drug-likeness (QED) is 0.603. The van der Waals surface area contributed by atoms with Gasteiger partial charge in [0.1, 0.15) is 0 Å². The molecule has 1 aliphatic heterocycles. The third-order valence-corrected chi connectivity index (χ3v) is 5.25. The molecule has 6 heteroatoms. The molecule has 2 rings (SSSR count). The zero-order chi connectivity index (χ0) is 20.4. The van der Waals surface area contributed by atoms with Crippen LogP contribution in [-0.2, 0) is 9.59 Å². The minimum Gasteiger partial charge on any atom is -0.375 e. The van der Waals surface area contributed by atoms with Crippen molar-refractivity contribution in [3.8, 4) is 0 Å². The van der Waals surface area contributed by atoms with Gasteiger partial charge < -0.3 is 15.5 Å². The van der Waals surface area contributed by atoms with E-state index in [2.05, 4.69) is 39.6 Å². The van der Waals surface area contributed by atoms with Crippen LogP contribution in [0, 0.1) is 11.8 Å². The van der Waals surface area contributed by atoms with Crippen LogP contribution in [-0.4, -0.2) is 63.0 Å². The van der Waals surface area contributed by atoms with Crippen LogP contribution in [0.5, 0.6) is 0 Å². The van der Waals surface area contributed by atoms with E-state index in [4.69, 9.17) is 0 Å². The summed E-state index contributed by atoms with van der Waals surface area (Å²) in [6, 6.07) is 10.3. The van der Waals surface area contributed by atoms with Gasteiger partial charge in [-0.05, 0) is 43.9 Å². The Morgan fingerprint density at radius 1 is 1.21 bits per heavy atom. The van der Waals surface area contributed by atoms with Crippen molar-refractivity contribution in [1.82, 2.24) is 15.5 Å². The van der Waals surface area contributed by atoms with Gasteiger partial charge in [0.05, 0.1) is 6.54 Å².